The van der Waals surface area contributed by atoms with Crippen molar-refractivity contribution in [1.29, 1.82) is 0 Å². The van der Waals surface area contributed by atoms with Crippen LogP contribution in [0, 0.1) is 0 Å². The Kier molecular flexibility index (Phi) is 3.01. The van der Waals surface area contributed by atoms with E-state index in [1.165, 1.54) is 13.1 Å². The second kappa shape index (κ2) is 4.04. The number of hydrogen-bond donors (Lipinski definition) is 1. The quantitative estimate of drug-likeness (QED) is 0.475. The van der Waals surface area contributed by atoms with Crippen molar-refractivity contribution >= 4 is 17.7 Å². The number of likely N-dealkylation sites (N-methyl/N-ethyl adjacent to an activating group) is 1. The molecule has 1 fully saturated rings. The van der Waals surface area contributed by atoms with Crippen LogP contribution < -0.4 is 5.32 Å². The van der Waals surface area contributed by atoms with Gasteiger partial charge >= 0.3 is 0 Å². The molecule has 0 bridgehead atoms. The zero-order chi connectivity index (χ0) is 10.7. The minimum atomic E-state index is -0.698. The predicted molar refractivity (Wildman–Crippen MR) is 49.1 cm³/mol. The van der Waals surface area contributed by atoms with Gasteiger partial charge in [0.15, 0.2) is 0 Å². The third kappa shape index (κ3) is 1.99. The molecule has 3 amide bonds. The first kappa shape index (κ1) is 10.4. The van der Waals surface area contributed by atoms with E-state index in [0.717, 1.165) is 4.90 Å². The first-order valence-electron chi connectivity index (χ1n) is 4.30. The van der Waals surface area contributed by atoms with Gasteiger partial charge in [-0.3, -0.25) is 19.3 Å². The molecule has 0 aromatic carbocycles. The van der Waals surface area contributed by atoms with E-state index in [1.807, 2.05) is 0 Å². The summed E-state index contributed by atoms with van der Waals surface area (Å²) in [5, 5.41) is 2.45. The summed E-state index contributed by atoms with van der Waals surface area (Å²) in [5.41, 5.74) is 0. The van der Waals surface area contributed by atoms with Crippen LogP contribution in [0.4, 0.5) is 0 Å². The van der Waals surface area contributed by atoms with Crippen LogP contribution in [0.3, 0.4) is 0 Å². The third-order valence-electron chi connectivity index (χ3n) is 2.02. The van der Waals surface area contributed by atoms with E-state index in [4.69, 9.17) is 0 Å². The normalized spacial score (nSPS) is 22.1. The van der Waals surface area contributed by atoms with Crippen molar-refractivity contribution in [1.82, 2.24) is 10.2 Å². The predicted octanol–water partition coefficient (Wildman–Crippen LogP) is -0.564. The van der Waals surface area contributed by atoms with Crippen LogP contribution in [-0.4, -0.2) is 35.7 Å². The Labute approximate surface area is 81.8 Å². The van der Waals surface area contributed by atoms with Gasteiger partial charge in [-0.1, -0.05) is 6.08 Å². The summed E-state index contributed by atoms with van der Waals surface area (Å²) in [6, 6.07) is -0.698. The fourth-order valence-corrected chi connectivity index (χ4v) is 1.24. The number of rotatable bonds is 2. The Morgan fingerprint density at radius 3 is 2.64 bits per heavy atom. The Bertz CT molecular complexity index is 309. The Morgan fingerprint density at radius 2 is 2.21 bits per heavy atom. The summed E-state index contributed by atoms with van der Waals surface area (Å²) < 4.78 is 0. The molecule has 1 N–H and O–H groups in total. The molecule has 0 radical (unpaired) electrons. The summed E-state index contributed by atoms with van der Waals surface area (Å²) >= 11 is 0. The third-order valence-corrected chi connectivity index (χ3v) is 2.02. The fraction of sp³-hybridized carbons (Fsp3) is 0.444. The minimum Gasteiger partial charge on any atom is -0.340 e. The Balaban J connectivity index is 2.60. The fourth-order valence-electron chi connectivity index (χ4n) is 1.24. The van der Waals surface area contributed by atoms with Crippen molar-refractivity contribution in [3.05, 3.63) is 12.2 Å². The molecule has 1 unspecified atom stereocenters. The molecule has 0 aromatic rings. The highest BCUT2D eigenvalue weighted by Gasteiger charge is 2.36. The van der Waals surface area contributed by atoms with Gasteiger partial charge in [0.25, 0.3) is 5.91 Å². The summed E-state index contributed by atoms with van der Waals surface area (Å²) in [6.45, 7) is 1.70. The second-order valence-electron chi connectivity index (χ2n) is 3.06. The van der Waals surface area contributed by atoms with Crippen molar-refractivity contribution in [2.45, 2.75) is 19.4 Å². The smallest absolute Gasteiger partial charge is 0.252 e. The van der Waals surface area contributed by atoms with Crippen molar-refractivity contribution in [2.75, 3.05) is 7.05 Å². The molecule has 1 saturated heterocycles. The maximum Gasteiger partial charge on any atom is 0.252 e. The molecule has 0 aromatic heterocycles. The van der Waals surface area contributed by atoms with Gasteiger partial charge in [-0.05, 0) is 13.0 Å². The number of nitrogens with one attached hydrogen (secondary N) is 1. The van der Waals surface area contributed by atoms with Crippen molar-refractivity contribution in [2.24, 2.45) is 0 Å². The minimum absolute atomic E-state index is 0.0542. The number of likely N-dealkylation sites (tertiary alicyclic amines) is 1. The molecule has 0 saturated carbocycles. The highest BCUT2D eigenvalue weighted by Crippen LogP contribution is 2.10. The summed E-state index contributed by atoms with van der Waals surface area (Å²) in [5.74, 6) is -0.970. The standard InChI is InChI=1S/C9H12N2O3/c1-3-4-7(12)10-6-5-8(13)11(2)9(6)14/h3-4,6H,5H2,1-2H3,(H,10,12)/b4-3+. The molecule has 1 heterocycles. The lowest BCUT2D eigenvalue weighted by molar-refractivity contribution is -0.137. The Hall–Kier alpha value is -1.65. The molecule has 1 aliphatic heterocycles. The zero-order valence-corrected chi connectivity index (χ0v) is 8.11. The van der Waals surface area contributed by atoms with Crippen LogP contribution in [-0.2, 0) is 14.4 Å². The van der Waals surface area contributed by atoms with E-state index in [9.17, 15) is 14.4 Å². The van der Waals surface area contributed by atoms with Crippen LogP contribution in [0.2, 0.25) is 0 Å². The average Bonchev–Trinajstić information content (AvgIpc) is 2.34. The van der Waals surface area contributed by atoms with Gasteiger partial charge in [0, 0.05) is 7.05 Å². The molecule has 1 aliphatic rings. The lowest BCUT2D eigenvalue weighted by Gasteiger charge is -2.08. The highest BCUT2D eigenvalue weighted by atomic mass is 16.2. The van der Waals surface area contributed by atoms with Gasteiger partial charge in [-0.2, -0.15) is 0 Å². The molecule has 76 valence electrons. The topological polar surface area (TPSA) is 66.5 Å². The number of allylic oxidation sites excluding steroid dienone is 1. The molecule has 5 nitrogen and oxygen atoms in total. The number of amides is 3. The van der Waals surface area contributed by atoms with Crippen molar-refractivity contribution in [3.8, 4) is 0 Å². The van der Waals surface area contributed by atoms with Gasteiger partial charge in [0.1, 0.15) is 6.04 Å². The van der Waals surface area contributed by atoms with E-state index in [1.54, 1.807) is 13.0 Å². The lowest BCUT2D eigenvalue weighted by atomic mass is 10.2. The van der Waals surface area contributed by atoms with E-state index in [2.05, 4.69) is 5.32 Å². The van der Waals surface area contributed by atoms with Gasteiger partial charge in [-0.25, -0.2) is 0 Å². The molecule has 1 atom stereocenters. The lowest BCUT2D eigenvalue weighted by Crippen LogP contribution is -2.39. The first-order chi connectivity index (χ1) is 6.56. The van der Waals surface area contributed by atoms with E-state index in [-0.39, 0.29) is 24.1 Å². The van der Waals surface area contributed by atoms with Crippen LogP contribution in [0.1, 0.15) is 13.3 Å². The first-order valence-corrected chi connectivity index (χ1v) is 4.30. The van der Waals surface area contributed by atoms with Gasteiger partial charge < -0.3 is 5.32 Å². The molecular formula is C9H12N2O3. The van der Waals surface area contributed by atoms with Gasteiger partial charge in [0.05, 0.1) is 6.42 Å². The van der Waals surface area contributed by atoms with Gasteiger partial charge in [-0.15, -0.1) is 0 Å². The van der Waals surface area contributed by atoms with Crippen molar-refractivity contribution < 1.29 is 14.4 Å². The summed E-state index contributed by atoms with van der Waals surface area (Å²) in [7, 11) is 1.41. The van der Waals surface area contributed by atoms with Gasteiger partial charge in [0.2, 0.25) is 11.8 Å². The van der Waals surface area contributed by atoms with Crippen molar-refractivity contribution in [3.63, 3.8) is 0 Å². The highest BCUT2D eigenvalue weighted by molar-refractivity contribution is 6.07. The SMILES string of the molecule is C/C=C/C(=O)NC1CC(=O)N(C)C1=O. The molecule has 1 rings (SSSR count). The van der Waals surface area contributed by atoms with E-state index in [0.29, 0.717) is 0 Å². The summed E-state index contributed by atoms with van der Waals surface area (Å²) in [6.07, 6.45) is 2.94. The Morgan fingerprint density at radius 1 is 1.57 bits per heavy atom. The zero-order valence-electron chi connectivity index (χ0n) is 8.11. The molecule has 0 spiro atoms. The van der Waals surface area contributed by atoms with Crippen LogP contribution in [0.5, 0.6) is 0 Å². The maximum absolute atomic E-state index is 11.3. The second-order valence-corrected chi connectivity index (χ2v) is 3.06. The number of imide groups is 1. The van der Waals surface area contributed by atoms with Crippen LogP contribution >= 0.6 is 0 Å². The number of hydrogen-bond acceptors (Lipinski definition) is 3. The maximum atomic E-state index is 11.3. The molecule has 14 heavy (non-hydrogen) atoms. The summed E-state index contributed by atoms with van der Waals surface area (Å²) in [4.78, 5) is 34.5. The number of carbonyl (C=O) groups excluding carboxylic acids is 3. The molecular weight excluding hydrogens is 184 g/mol. The average molecular weight is 196 g/mol. The number of nitrogens with zero attached hydrogens (tertiary/aromatic N) is 1. The number of carbonyl (C=O) groups is 3. The van der Waals surface area contributed by atoms with Crippen LogP contribution in [0.15, 0.2) is 12.2 Å². The monoisotopic (exact) mass is 196 g/mol. The van der Waals surface area contributed by atoms with E-state index >= 15 is 0 Å². The largest absolute Gasteiger partial charge is 0.340 e. The van der Waals surface area contributed by atoms with Crippen LogP contribution in [0.25, 0.3) is 0 Å². The van der Waals surface area contributed by atoms with E-state index < -0.39 is 6.04 Å². The molecule has 5 heteroatoms. The molecule has 0 aliphatic carbocycles.